The van der Waals surface area contributed by atoms with Crippen molar-refractivity contribution in [3.8, 4) is 0 Å². The lowest BCUT2D eigenvalue weighted by atomic mass is 10.0. The Morgan fingerprint density at radius 1 is 1.17 bits per heavy atom. The van der Waals surface area contributed by atoms with Crippen LogP contribution in [0.5, 0.6) is 0 Å². The second kappa shape index (κ2) is 7.11. The van der Waals surface area contributed by atoms with Crippen LogP contribution in [0.15, 0.2) is 30.5 Å². The molecule has 29 heavy (non-hydrogen) atoms. The summed E-state index contributed by atoms with van der Waals surface area (Å²) in [5.74, 6) is -0.564. The van der Waals surface area contributed by atoms with Crippen LogP contribution in [0.25, 0.3) is 0 Å². The molecule has 156 valence electrons. The molecule has 1 aliphatic heterocycles. The molecule has 0 spiro atoms. The van der Waals surface area contributed by atoms with E-state index in [1.807, 2.05) is 26.0 Å². The highest BCUT2D eigenvalue weighted by Crippen LogP contribution is 2.60. The molecule has 1 aromatic heterocycles. The van der Waals surface area contributed by atoms with Gasteiger partial charge >= 0.3 is 6.18 Å². The van der Waals surface area contributed by atoms with E-state index in [-0.39, 0.29) is 12.8 Å². The molecule has 2 aromatic rings. The van der Waals surface area contributed by atoms with E-state index in [4.69, 9.17) is 0 Å². The second-order valence-corrected chi connectivity index (χ2v) is 8.43. The number of aryl methyl sites for hydroxylation is 3. The van der Waals surface area contributed by atoms with Gasteiger partial charge in [0.1, 0.15) is 0 Å². The van der Waals surface area contributed by atoms with E-state index >= 15 is 0 Å². The van der Waals surface area contributed by atoms with Crippen molar-refractivity contribution in [2.45, 2.75) is 58.8 Å². The number of benzene rings is 1. The lowest BCUT2D eigenvalue weighted by molar-refractivity contribution is -0.189. The number of aromatic nitrogens is 1. The predicted molar refractivity (Wildman–Crippen MR) is 107 cm³/mol. The van der Waals surface area contributed by atoms with Gasteiger partial charge in [-0.3, -0.25) is 4.79 Å². The van der Waals surface area contributed by atoms with Crippen molar-refractivity contribution in [2.75, 3.05) is 16.8 Å². The molecule has 0 saturated heterocycles. The van der Waals surface area contributed by atoms with Gasteiger partial charge in [0.05, 0.1) is 12.0 Å². The lowest BCUT2D eigenvalue weighted by Crippen LogP contribution is -2.30. The van der Waals surface area contributed by atoms with Crippen LogP contribution in [0.1, 0.15) is 42.5 Å². The predicted octanol–water partition coefficient (Wildman–Crippen LogP) is 5.19. The Kier molecular flexibility index (Phi) is 4.87. The van der Waals surface area contributed by atoms with E-state index in [1.54, 1.807) is 0 Å². The average Bonchev–Trinajstić information content (AvgIpc) is 3.35. The zero-order valence-corrected chi connectivity index (χ0v) is 16.8. The summed E-state index contributed by atoms with van der Waals surface area (Å²) in [4.78, 5) is 14.6. The summed E-state index contributed by atoms with van der Waals surface area (Å²) in [7, 11) is 0. The minimum atomic E-state index is -4.32. The van der Waals surface area contributed by atoms with Crippen LogP contribution in [0, 0.1) is 19.3 Å². The second-order valence-electron chi connectivity index (χ2n) is 8.43. The molecule has 1 aromatic carbocycles. The third-order valence-electron chi connectivity index (χ3n) is 6.20. The number of fused-ring (bicyclic) bond motifs is 1. The molecule has 4 rings (SSSR count). The zero-order chi connectivity index (χ0) is 20.8. The summed E-state index contributed by atoms with van der Waals surface area (Å²) in [6.45, 7) is 6.52. The summed E-state index contributed by atoms with van der Waals surface area (Å²) in [6, 6.07) is 8.21. The maximum atomic E-state index is 13.1. The van der Waals surface area contributed by atoms with Gasteiger partial charge in [0.2, 0.25) is 5.91 Å². The standard InChI is InChI=1S/C22H26F3N3O/c1-15-11-18(28-10-4-9-27-8-3-5-17(27)14-28)12-16(2)20(15)26-19(29)13-21(6-7-21)22(23,24)25/h3,5,8,11-12H,4,6-7,9-10,13-14H2,1-2H3,(H,26,29). The van der Waals surface area contributed by atoms with Crippen LogP contribution in [0.3, 0.4) is 0 Å². The van der Waals surface area contributed by atoms with E-state index in [0.29, 0.717) is 5.69 Å². The summed E-state index contributed by atoms with van der Waals surface area (Å²) < 4.78 is 41.7. The van der Waals surface area contributed by atoms with Gasteiger partial charge in [-0.15, -0.1) is 0 Å². The van der Waals surface area contributed by atoms with Gasteiger partial charge in [0.25, 0.3) is 0 Å². The monoisotopic (exact) mass is 405 g/mol. The molecule has 1 amide bonds. The van der Waals surface area contributed by atoms with E-state index in [0.717, 1.165) is 42.9 Å². The van der Waals surface area contributed by atoms with Crippen molar-refractivity contribution in [1.29, 1.82) is 0 Å². The molecule has 2 heterocycles. The molecular formula is C22H26F3N3O. The van der Waals surface area contributed by atoms with Gasteiger partial charge in [-0.1, -0.05) is 0 Å². The normalized spacial score (nSPS) is 18.2. The van der Waals surface area contributed by atoms with Crippen molar-refractivity contribution in [3.63, 3.8) is 0 Å². The van der Waals surface area contributed by atoms with Crippen molar-refractivity contribution in [2.24, 2.45) is 5.41 Å². The van der Waals surface area contributed by atoms with Crippen LogP contribution in [-0.2, 0) is 17.9 Å². The number of halogens is 3. The fraction of sp³-hybridized carbons (Fsp3) is 0.500. The number of rotatable bonds is 4. The van der Waals surface area contributed by atoms with E-state index in [2.05, 4.69) is 33.1 Å². The highest BCUT2D eigenvalue weighted by atomic mass is 19.4. The number of carbonyl (C=O) groups excluding carboxylic acids is 1. The molecule has 0 atom stereocenters. The quantitative estimate of drug-likeness (QED) is 0.760. The fourth-order valence-corrected chi connectivity index (χ4v) is 4.26. The summed E-state index contributed by atoms with van der Waals surface area (Å²) in [5, 5.41) is 2.74. The minimum Gasteiger partial charge on any atom is -0.366 e. The summed E-state index contributed by atoms with van der Waals surface area (Å²) in [5.41, 5.74) is 2.86. The van der Waals surface area contributed by atoms with E-state index in [9.17, 15) is 18.0 Å². The topological polar surface area (TPSA) is 37.3 Å². The molecule has 1 N–H and O–H groups in total. The maximum absolute atomic E-state index is 13.1. The van der Waals surface area contributed by atoms with E-state index < -0.39 is 23.9 Å². The zero-order valence-electron chi connectivity index (χ0n) is 16.8. The van der Waals surface area contributed by atoms with Crippen LogP contribution in [0.4, 0.5) is 24.5 Å². The molecule has 1 fully saturated rings. The lowest BCUT2D eigenvalue weighted by Gasteiger charge is -2.25. The van der Waals surface area contributed by atoms with Gasteiger partial charge in [-0.25, -0.2) is 0 Å². The first-order chi connectivity index (χ1) is 13.7. The number of carbonyl (C=O) groups is 1. The molecule has 1 aliphatic carbocycles. The third kappa shape index (κ3) is 3.87. The molecule has 0 bridgehead atoms. The van der Waals surface area contributed by atoms with Crippen molar-refractivity contribution >= 4 is 17.3 Å². The highest BCUT2D eigenvalue weighted by Gasteiger charge is 2.63. The fourth-order valence-electron chi connectivity index (χ4n) is 4.26. The Morgan fingerprint density at radius 3 is 2.48 bits per heavy atom. The maximum Gasteiger partial charge on any atom is 0.395 e. The third-order valence-corrected chi connectivity index (χ3v) is 6.20. The van der Waals surface area contributed by atoms with Gasteiger partial charge in [-0.05, 0) is 68.5 Å². The molecule has 7 heteroatoms. The first kappa shape index (κ1) is 19.9. The van der Waals surface area contributed by atoms with Gasteiger partial charge in [0, 0.05) is 42.8 Å². The van der Waals surface area contributed by atoms with Crippen LogP contribution in [-0.4, -0.2) is 23.2 Å². The number of alkyl halides is 3. The van der Waals surface area contributed by atoms with Crippen LogP contribution >= 0.6 is 0 Å². The Bertz CT molecular complexity index is 905. The van der Waals surface area contributed by atoms with E-state index in [1.165, 1.54) is 5.69 Å². The Balaban J connectivity index is 1.50. The first-order valence-electron chi connectivity index (χ1n) is 10.1. The number of nitrogens with zero attached hydrogens (tertiary/aromatic N) is 2. The summed E-state index contributed by atoms with van der Waals surface area (Å²) in [6.07, 6.45) is -1.60. The molecular weight excluding hydrogens is 379 g/mol. The van der Waals surface area contributed by atoms with Crippen molar-refractivity contribution in [3.05, 3.63) is 47.3 Å². The van der Waals surface area contributed by atoms with Crippen LogP contribution in [0.2, 0.25) is 0 Å². The Labute approximate surface area is 168 Å². The molecule has 1 saturated carbocycles. The summed E-state index contributed by atoms with van der Waals surface area (Å²) >= 11 is 0. The highest BCUT2D eigenvalue weighted by molar-refractivity contribution is 5.93. The number of nitrogens with one attached hydrogen (secondary N) is 1. The van der Waals surface area contributed by atoms with Crippen molar-refractivity contribution < 1.29 is 18.0 Å². The Hall–Kier alpha value is -2.44. The average molecular weight is 405 g/mol. The largest absolute Gasteiger partial charge is 0.395 e. The van der Waals surface area contributed by atoms with Crippen LogP contribution < -0.4 is 10.2 Å². The molecule has 2 aliphatic rings. The minimum absolute atomic E-state index is 0.0392. The van der Waals surface area contributed by atoms with Gasteiger partial charge in [0.15, 0.2) is 0 Å². The molecule has 0 radical (unpaired) electrons. The number of hydrogen-bond donors (Lipinski definition) is 1. The van der Waals surface area contributed by atoms with Gasteiger partial charge in [-0.2, -0.15) is 13.2 Å². The Morgan fingerprint density at radius 2 is 1.86 bits per heavy atom. The number of amides is 1. The SMILES string of the molecule is Cc1cc(N2CCCn3cccc3C2)cc(C)c1NC(=O)CC1(C(F)(F)F)CC1. The molecule has 0 unspecified atom stereocenters. The smallest absolute Gasteiger partial charge is 0.366 e. The van der Waals surface area contributed by atoms with Crippen molar-refractivity contribution in [1.82, 2.24) is 4.57 Å². The molecule has 4 nitrogen and oxygen atoms in total. The number of anilines is 2. The first-order valence-corrected chi connectivity index (χ1v) is 10.1. The van der Waals surface area contributed by atoms with Gasteiger partial charge < -0.3 is 14.8 Å². The number of hydrogen-bond acceptors (Lipinski definition) is 2.